The van der Waals surface area contributed by atoms with Crippen molar-refractivity contribution in [3.63, 3.8) is 0 Å². The molecule has 0 aliphatic carbocycles. The number of anilines is 3. The molecule has 0 spiro atoms. The van der Waals surface area contributed by atoms with E-state index in [-0.39, 0.29) is 25.9 Å². The Morgan fingerprint density at radius 2 is 1.88 bits per heavy atom. The number of hydrogen-bond donors (Lipinski definition) is 4. The van der Waals surface area contributed by atoms with E-state index in [0.29, 0.717) is 59.3 Å². The van der Waals surface area contributed by atoms with E-state index >= 15 is 0 Å². The third-order valence-corrected chi connectivity index (χ3v) is 6.22. The Labute approximate surface area is 244 Å². The Kier molecular flexibility index (Phi) is 11.0. The van der Waals surface area contributed by atoms with E-state index in [9.17, 15) is 9.59 Å². The smallest absolute Gasteiger partial charge is 0.412 e. The van der Waals surface area contributed by atoms with Gasteiger partial charge in [0.25, 0.3) is 0 Å². The number of rotatable bonds is 14. The van der Waals surface area contributed by atoms with Gasteiger partial charge in [0.1, 0.15) is 12.4 Å². The lowest BCUT2D eigenvalue weighted by atomic mass is 10.00. The van der Waals surface area contributed by atoms with Crippen LogP contribution in [-0.2, 0) is 14.3 Å². The van der Waals surface area contributed by atoms with Crippen molar-refractivity contribution in [3.8, 4) is 17.2 Å². The predicted molar refractivity (Wildman–Crippen MR) is 158 cm³/mol. The van der Waals surface area contributed by atoms with Crippen molar-refractivity contribution >= 4 is 29.1 Å². The van der Waals surface area contributed by atoms with Crippen LogP contribution in [0.1, 0.15) is 31.4 Å². The van der Waals surface area contributed by atoms with Gasteiger partial charge in [-0.05, 0) is 67.8 Å². The molecule has 0 fully saturated rings. The summed E-state index contributed by atoms with van der Waals surface area (Å²) in [7, 11) is 0. The van der Waals surface area contributed by atoms with Crippen molar-refractivity contribution in [2.75, 3.05) is 43.0 Å². The minimum atomic E-state index is -0.817. The summed E-state index contributed by atoms with van der Waals surface area (Å²) in [5.41, 5.74) is 8.02. The summed E-state index contributed by atoms with van der Waals surface area (Å²) in [6.45, 7) is 2.32. The van der Waals surface area contributed by atoms with Crippen LogP contribution in [0.5, 0.6) is 17.2 Å². The van der Waals surface area contributed by atoms with Crippen LogP contribution in [-0.4, -0.2) is 49.8 Å². The number of carbonyl (C=O) groups excluding carboxylic acids is 2. The van der Waals surface area contributed by atoms with E-state index in [1.807, 2.05) is 13.0 Å². The topological polar surface area (TPSA) is 151 Å². The molecule has 5 N–H and O–H groups in total. The maximum atomic E-state index is 13.1. The van der Waals surface area contributed by atoms with E-state index in [1.54, 1.807) is 66.7 Å². The van der Waals surface area contributed by atoms with Crippen molar-refractivity contribution in [2.24, 2.45) is 0 Å². The normalized spacial score (nSPS) is 13.4. The van der Waals surface area contributed by atoms with Gasteiger partial charge in [0.05, 0.1) is 24.1 Å². The summed E-state index contributed by atoms with van der Waals surface area (Å²) < 4.78 is 28.3. The number of allylic oxidation sites excluding steroid dienone is 1. The van der Waals surface area contributed by atoms with Crippen LogP contribution in [0, 0.1) is 0 Å². The molecule has 3 aromatic carbocycles. The fourth-order valence-electron chi connectivity index (χ4n) is 4.31. The Morgan fingerprint density at radius 1 is 1.05 bits per heavy atom. The van der Waals surface area contributed by atoms with Gasteiger partial charge in [-0.3, -0.25) is 10.1 Å². The number of nitrogens with two attached hydrogens (primary N) is 1. The lowest BCUT2D eigenvalue weighted by Crippen LogP contribution is -2.29. The molecule has 1 aliphatic heterocycles. The van der Waals surface area contributed by atoms with Crippen molar-refractivity contribution < 1.29 is 38.4 Å². The number of carbonyl (C=O) groups is 2. The van der Waals surface area contributed by atoms with Crippen molar-refractivity contribution in [1.82, 2.24) is 0 Å². The molecular weight excluding hydrogens is 542 g/mol. The van der Waals surface area contributed by atoms with E-state index in [0.717, 1.165) is 0 Å². The summed E-state index contributed by atoms with van der Waals surface area (Å²) in [5.74, 6) is 1.32. The van der Waals surface area contributed by atoms with Gasteiger partial charge in [-0.2, -0.15) is 0 Å². The minimum absolute atomic E-state index is 0.118. The molecule has 11 heteroatoms. The third kappa shape index (κ3) is 8.63. The first kappa shape index (κ1) is 30.2. The molecule has 1 aliphatic rings. The Bertz CT molecular complexity index is 1380. The molecular formula is C31H35N3O8. The summed E-state index contributed by atoms with van der Waals surface area (Å²) in [6, 6.07) is 19.1. The largest absolute Gasteiger partial charge is 0.491 e. The molecule has 2 atom stereocenters. The van der Waals surface area contributed by atoms with Crippen LogP contribution in [0.15, 0.2) is 78.9 Å². The van der Waals surface area contributed by atoms with Crippen molar-refractivity contribution in [2.45, 2.75) is 32.0 Å². The highest BCUT2D eigenvalue weighted by Gasteiger charge is 2.28. The molecule has 0 unspecified atom stereocenters. The number of hydrogen-bond acceptors (Lipinski definition) is 9. The first-order valence-electron chi connectivity index (χ1n) is 13.6. The number of aliphatic hydroxyl groups excluding tert-OH is 1. The zero-order valence-electron chi connectivity index (χ0n) is 23.3. The third-order valence-electron chi connectivity index (χ3n) is 6.22. The molecule has 0 saturated carbocycles. The van der Waals surface area contributed by atoms with Gasteiger partial charge in [0.2, 0.25) is 12.7 Å². The lowest BCUT2D eigenvalue weighted by molar-refractivity contribution is -0.111. The monoisotopic (exact) mass is 577 g/mol. The van der Waals surface area contributed by atoms with Gasteiger partial charge >= 0.3 is 6.09 Å². The second-order valence-electron chi connectivity index (χ2n) is 9.21. The van der Waals surface area contributed by atoms with Crippen LogP contribution in [0.25, 0.3) is 0 Å². The lowest BCUT2D eigenvalue weighted by Gasteiger charge is -2.27. The van der Waals surface area contributed by atoms with E-state index in [4.69, 9.17) is 34.5 Å². The maximum absolute atomic E-state index is 13.1. The van der Waals surface area contributed by atoms with E-state index in [1.165, 1.54) is 6.08 Å². The molecule has 0 saturated heterocycles. The first-order chi connectivity index (χ1) is 20.5. The van der Waals surface area contributed by atoms with Crippen LogP contribution in [0.4, 0.5) is 21.9 Å². The molecule has 1 heterocycles. The highest BCUT2D eigenvalue weighted by Crippen LogP contribution is 2.35. The molecule has 11 nitrogen and oxygen atoms in total. The Morgan fingerprint density at radius 3 is 2.69 bits per heavy atom. The summed E-state index contributed by atoms with van der Waals surface area (Å²) in [6.07, 6.45) is 2.00. The minimum Gasteiger partial charge on any atom is -0.491 e. The van der Waals surface area contributed by atoms with Crippen molar-refractivity contribution in [3.05, 3.63) is 84.4 Å². The van der Waals surface area contributed by atoms with Crippen LogP contribution >= 0.6 is 0 Å². The van der Waals surface area contributed by atoms with Crippen molar-refractivity contribution in [1.29, 1.82) is 0 Å². The fourth-order valence-corrected chi connectivity index (χ4v) is 4.31. The highest BCUT2D eigenvalue weighted by atomic mass is 16.7. The van der Waals surface area contributed by atoms with Gasteiger partial charge in [-0.15, -0.1) is 0 Å². The van der Waals surface area contributed by atoms with Gasteiger partial charge in [-0.1, -0.05) is 30.3 Å². The molecule has 3 aromatic rings. The second kappa shape index (κ2) is 15.3. The SMILES string of the molecule is CCO[C@H](CC/C=C/C(=O)Nc1ccccc1N)[C@H](OC(=O)Nc1ccc2c(c1)OCO2)c1cccc(OCCO)c1. The number of nitrogen functional groups attached to an aromatic ring is 1. The molecule has 222 valence electrons. The van der Waals surface area contributed by atoms with Crippen LogP contribution in [0.2, 0.25) is 0 Å². The van der Waals surface area contributed by atoms with Crippen LogP contribution < -0.4 is 30.6 Å². The number of aliphatic hydroxyl groups is 1. The highest BCUT2D eigenvalue weighted by molar-refractivity contribution is 6.01. The average Bonchev–Trinajstić information content (AvgIpc) is 3.46. The molecule has 42 heavy (non-hydrogen) atoms. The first-order valence-corrected chi connectivity index (χ1v) is 13.6. The maximum Gasteiger partial charge on any atom is 0.412 e. The van der Waals surface area contributed by atoms with E-state index in [2.05, 4.69) is 10.6 Å². The Hall–Kier alpha value is -4.74. The molecule has 2 amide bonds. The molecule has 0 aromatic heterocycles. The second-order valence-corrected chi connectivity index (χ2v) is 9.21. The summed E-state index contributed by atoms with van der Waals surface area (Å²) in [4.78, 5) is 25.5. The number of para-hydroxylation sites is 2. The van der Waals surface area contributed by atoms with E-state index < -0.39 is 18.3 Å². The van der Waals surface area contributed by atoms with Gasteiger partial charge in [-0.25, -0.2) is 4.79 Å². The number of nitrogens with one attached hydrogen (secondary N) is 2. The Balaban J connectivity index is 1.47. The standard InChI is InChI=1S/C31H35N3O8/c1-2-38-27(12-5-6-13-29(36)34-25-11-4-3-10-24(25)32)30(21-8-7-9-23(18-21)39-17-16-35)42-31(37)33-22-14-15-26-28(19-22)41-20-40-26/h3-4,6-11,13-15,18-19,27,30,35H,2,5,12,16-17,20,32H2,1H3,(H,33,37)(H,34,36)/b13-6+/t27-,30-/m1/s1. The number of benzene rings is 3. The zero-order valence-corrected chi connectivity index (χ0v) is 23.3. The van der Waals surface area contributed by atoms with Gasteiger partial charge in [0, 0.05) is 18.4 Å². The molecule has 4 rings (SSSR count). The summed E-state index contributed by atoms with van der Waals surface area (Å²) in [5, 5.41) is 14.6. The average molecular weight is 578 g/mol. The van der Waals surface area contributed by atoms with Gasteiger partial charge < -0.3 is 39.8 Å². The zero-order chi connectivity index (χ0) is 29.7. The van der Waals surface area contributed by atoms with Gasteiger partial charge in [0.15, 0.2) is 17.6 Å². The molecule has 0 radical (unpaired) electrons. The summed E-state index contributed by atoms with van der Waals surface area (Å²) >= 11 is 0. The predicted octanol–water partition coefficient (Wildman–Crippen LogP) is 5.04. The number of fused-ring (bicyclic) bond motifs is 1. The fraction of sp³-hybridized carbons (Fsp3) is 0.290. The number of amides is 2. The van der Waals surface area contributed by atoms with Crippen LogP contribution in [0.3, 0.4) is 0 Å². The molecule has 0 bridgehead atoms. The number of ether oxygens (including phenoxy) is 5. The quantitative estimate of drug-likeness (QED) is 0.153.